The lowest BCUT2D eigenvalue weighted by atomic mass is 10.1. The van der Waals surface area contributed by atoms with E-state index < -0.39 is 0 Å². The van der Waals surface area contributed by atoms with E-state index in [0.29, 0.717) is 0 Å². The number of nitrogens with one attached hydrogen (secondary N) is 1. The summed E-state index contributed by atoms with van der Waals surface area (Å²) in [5.74, 6) is 0. The minimum atomic E-state index is 0.957. The van der Waals surface area contributed by atoms with Gasteiger partial charge >= 0.3 is 0 Å². The molecule has 2 aromatic carbocycles. The maximum atomic E-state index is 4.16. The van der Waals surface area contributed by atoms with Crippen LogP contribution in [0.1, 0.15) is 0 Å². The van der Waals surface area contributed by atoms with Gasteiger partial charge in [-0.25, -0.2) is 0 Å². The molecule has 0 saturated heterocycles. The van der Waals surface area contributed by atoms with E-state index >= 15 is 0 Å². The number of benzene rings is 2. The fourth-order valence-electron chi connectivity index (χ4n) is 2.01. The number of anilines is 2. The molecule has 0 aliphatic rings. The van der Waals surface area contributed by atoms with E-state index in [1.165, 1.54) is 10.8 Å². The van der Waals surface area contributed by atoms with Crippen LogP contribution >= 0.6 is 31.9 Å². The fraction of sp³-hybridized carbons (Fsp3) is 0. The summed E-state index contributed by atoms with van der Waals surface area (Å²) in [5.41, 5.74) is 2.03. The SMILES string of the molecule is Brc1cncc(Nc2ccc(Br)c3ccccc23)c1. The van der Waals surface area contributed by atoms with Gasteiger partial charge in [0.05, 0.1) is 11.9 Å². The Bertz CT molecular complexity index is 741. The van der Waals surface area contributed by atoms with E-state index in [0.717, 1.165) is 20.3 Å². The molecule has 3 rings (SSSR count). The van der Waals surface area contributed by atoms with Crippen LogP contribution in [0.25, 0.3) is 10.8 Å². The van der Waals surface area contributed by atoms with E-state index in [1.807, 2.05) is 24.4 Å². The van der Waals surface area contributed by atoms with Crippen molar-refractivity contribution in [3.63, 3.8) is 0 Å². The molecule has 1 N–H and O–H groups in total. The molecule has 0 atom stereocenters. The van der Waals surface area contributed by atoms with Gasteiger partial charge in [-0.05, 0) is 39.5 Å². The minimum absolute atomic E-state index is 0.957. The fourth-order valence-corrected chi connectivity index (χ4v) is 2.85. The topological polar surface area (TPSA) is 24.9 Å². The van der Waals surface area contributed by atoms with Crippen molar-refractivity contribution in [1.29, 1.82) is 0 Å². The average Bonchev–Trinajstić information content (AvgIpc) is 2.42. The first-order valence-corrected chi connectivity index (χ1v) is 7.37. The van der Waals surface area contributed by atoms with E-state index in [9.17, 15) is 0 Å². The lowest BCUT2D eigenvalue weighted by Crippen LogP contribution is -1.92. The Balaban J connectivity index is 2.09. The Morgan fingerprint density at radius 2 is 1.68 bits per heavy atom. The standard InChI is InChI=1S/C15H10Br2N2/c16-10-7-11(9-18-8-10)19-15-6-5-14(17)12-3-1-2-4-13(12)15/h1-9,19H. The minimum Gasteiger partial charge on any atom is -0.354 e. The third-order valence-electron chi connectivity index (χ3n) is 2.85. The maximum Gasteiger partial charge on any atom is 0.0582 e. The Hall–Kier alpha value is -1.39. The van der Waals surface area contributed by atoms with Crippen molar-refractivity contribution in [3.05, 3.63) is 63.8 Å². The zero-order valence-electron chi connectivity index (χ0n) is 9.90. The van der Waals surface area contributed by atoms with Gasteiger partial charge in [-0.3, -0.25) is 4.98 Å². The first-order chi connectivity index (χ1) is 9.24. The summed E-state index contributed by atoms with van der Waals surface area (Å²) >= 11 is 7.01. The van der Waals surface area contributed by atoms with Crippen LogP contribution in [0, 0.1) is 0 Å². The number of hydrogen-bond donors (Lipinski definition) is 1. The lowest BCUT2D eigenvalue weighted by molar-refractivity contribution is 1.30. The number of hydrogen-bond acceptors (Lipinski definition) is 2. The average molecular weight is 378 g/mol. The number of aromatic nitrogens is 1. The second kappa shape index (κ2) is 5.31. The first kappa shape index (κ1) is 12.6. The van der Waals surface area contributed by atoms with Gasteiger partial charge in [-0.15, -0.1) is 0 Å². The second-order valence-corrected chi connectivity index (χ2v) is 5.93. The molecular formula is C15H10Br2N2. The molecule has 1 heterocycles. The number of halogens is 2. The quantitative estimate of drug-likeness (QED) is 0.637. The van der Waals surface area contributed by atoms with Gasteiger partial charge in [0, 0.05) is 26.2 Å². The third kappa shape index (κ3) is 2.65. The molecule has 0 spiro atoms. The van der Waals surface area contributed by atoms with Crippen LogP contribution in [-0.4, -0.2) is 4.98 Å². The third-order valence-corrected chi connectivity index (χ3v) is 3.98. The predicted molar refractivity (Wildman–Crippen MR) is 86.9 cm³/mol. The Morgan fingerprint density at radius 1 is 0.895 bits per heavy atom. The van der Waals surface area contributed by atoms with Crippen molar-refractivity contribution in [2.75, 3.05) is 5.32 Å². The van der Waals surface area contributed by atoms with Gasteiger partial charge in [-0.2, -0.15) is 0 Å². The molecule has 0 bridgehead atoms. The van der Waals surface area contributed by atoms with Gasteiger partial charge in [0.2, 0.25) is 0 Å². The Labute approximate surface area is 128 Å². The van der Waals surface area contributed by atoms with Crippen LogP contribution in [0.4, 0.5) is 11.4 Å². The number of fused-ring (bicyclic) bond motifs is 1. The van der Waals surface area contributed by atoms with Crippen molar-refractivity contribution in [3.8, 4) is 0 Å². The molecule has 1 aromatic heterocycles. The van der Waals surface area contributed by atoms with Crippen molar-refractivity contribution in [2.24, 2.45) is 0 Å². The van der Waals surface area contributed by atoms with E-state index in [4.69, 9.17) is 0 Å². The van der Waals surface area contributed by atoms with Crippen molar-refractivity contribution in [2.45, 2.75) is 0 Å². The smallest absolute Gasteiger partial charge is 0.0582 e. The Kier molecular flexibility index (Phi) is 3.53. The summed E-state index contributed by atoms with van der Waals surface area (Å²) in [4.78, 5) is 4.16. The number of rotatable bonds is 2. The van der Waals surface area contributed by atoms with Crippen molar-refractivity contribution < 1.29 is 0 Å². The Morgan fingerprint density at radius 3 is 2.47 bits per heavy atom. The molecule has 0 aliphatic heterocycles. The summed E-state index contributed by atoms with van der Waals surface area (Å²) < 4.78 is 2.06. The largest absolute Gasteiger partial charge is 0.354 e. The molecular weight excluding hydrogens is 368 g/mol. The predicted octanol–water partition coefficient (Wildman–Crippen LogP) is 5.50. The van der Waals surface area contributed by atoms with E-state index in [-0.39, 0.29) is 0 Å². The zero-order chi connectivity index (χ0) is 13.2. The lowest BCUT2D eigenvalue weighted by Gasteiger charge is -2.11. The highest BCUT2D eigenvalue weighted by Gasteiger charge is 2.04. The zero-order valence-corrected chi connectivity index (χ0v) is 13.1. The highest BCUT2D eigenvalue weighted by molar-refractivity contribution is 9.11. The van der Waals surface area contributed by atoms with Crippen LogP contribution in [0.5, 0.6) is 0 Å². The summed E-state index contributed by atoms with van der Waals surface area (Å²) in [5, 5.41) is 5.77. The molecule has 2 nitrogen and oxygen atoms in total. The van der Waals surface area contributed by atoms with Gasteiger partial charge < -0.3 is 5.32 Å². The van der Waals surface area contributed by atoms with Gasteiger partial charge in [0.1, 0.15) is 0 Å². The molecule has 0 unspecified atom stereocenters. The molecule has 0 fully saturated rings. The highest BCUT2D eigenvalue weighted by atomic mass is 79.9. The van der Waals surface area contributed by atoms with Crippen LogP contribution in [0.3, 0.4) is 0 Å². The van der Waals surface area contributed by atoms with Gasteiger partial charge in [-0.1, -0.05) is 40.2 Å². The first-order valence-electron chi connectivity index (χ1n) is 5.79. The van der Waals surface area contributed by atoms with Crippen LogP contribution in [0.2, 0.25) is 0 Å². The molecule has 94 valence electrons. The molecule has 3 aromatic rings. The molecule has 4 heteroatoms. The van der Waals surface area contributed by atoms with Crippen molar-refractivity contribution >= 4 is 54.0 Å². The summed E-state index contributed by atoms with van der Waals surface area (Å²) in [6.07, 6.45) is 3.58. The van der Waals surface area contributed by atoms with E-state index in [2.05, 4.69) is 66.4 Å². The van der Waals surface area contributed by atoms with E-state index in [1.54, 1.807) is 6.20 Å². The van der Waals surface area contributed by atoms with Crippen molar-refractivity contribution in [1.82, 2.24) is 4.98 Å². The van der Waals surface area contributed by atoms with Crippen LogP contribution in [0.15, 0.2) is 63.8 Å². The number of nitrogens with zero attached hydrogens (tertiary/aromatic N) is 1. The molecule has 19 heavy (non-hydrogen) atoms. The molecule has 0 radical (unpaired) electrons. The van der Waals surface area contributed by atoms with Crippen LogP contribution < -0.4 is 5.32 Å². The van der Waals surface area contributed by atoms with Crippen LogP contribution in [-0.2, 0) is 0 Å². The second-order valence-electron chi connectivity index (χ2n) is 4.16. The number of pyridine rings is 1. The molecule has 0 amide bonds. The summed E-state index contributed by atoms with van der Waals surface area (Å²) in [7, 11) is 0. The normalized spacial score (nSPS) is 10.6. The summed E-state index contributed by atoms with van der Waals surface area (Å²) in [6.45, 7) is 0. The van der Waals surface area contributed by atoms with Gasteiger partial charge in [0.25, 0.3) is 0 Å². The highest BCUT2D eigenvalue weighted by Crippen LogP contribution is 2.31. The van der Waals surface area contributed by atoms with Gasteiger partial charge in [0.15, 0.2) is 0 Å². The molecule has 0 saturated carbocycles. The monoisotopic (exact) mass is 376 g/mol. The maximum absolute atomic E-state index is 4.16. The molecule has 0 aliphatic carbocycles. The summed E-state index contributed by atoms with van der Waals surface area (Å²) in [6, 6.07) is 14.4.